The summed E-state index contributed by atoms with van der Waals surface area (Å²) < 4.78 is 14.0. The minimum Gasteiger partial charge on any atom is -0.478 e. The van der Waals surface area contributed by atoms with Crippen LogP contribution in [0.15, 0.2) is 42.6 Å². The Balaban J connectivity index is 2.10. The molecule has 1 aromatic carbocycles. The quantitative estimate of drug-likeness (QED) is 0.835. The number of aromatic carboxylic acids is 1. The fourth-order valence-corrected chi connectivity index (χ4v) is 3.77. The van der Waals surface area contributed by atoms with Gasteiger partial charge in [0.1, 0.15) is 11.6 Å². The molecule has 3 rings (SSSR count). The summed E-state index contributed by atoms with van der Waals surface area (Å²) in [5.41, 5.74) is 7.89. The van der Waals surface area contributed by atoms with Gasteiger partial charge in [-0.25, -0.2) is 14.2 Å². The van der Waals surface area contributed by atoms with Crippen molar-refractivity contribution in [2.24, 2.45) is 0 Å². The number of allylic oxidation sites excluding steroid dienone is 1. The molecule has 1 atom stereocenters. The van der Waals surface area contributed by atoms with Gasteiger partial charge in [0.05, 0.1) is 5.56 Å². The van der Waals surface area contributed by atoms with Gasteiger partial charge in [-0.05, 0) is 35.7 Å². The first-order chi connectivity index (χ1) is 11.1. The van der Waals surface area contributed by atoms with Crippen molar-refractivity contribution in [2.45, 2.75) is 11.7 Å². The van der Waals surface area contributed by atoms with Crippen LogP contribution in [-0.2, 0) is 0 Å². The number of aromatic nitrogens is 1. The van der Waals surface area contributed by atoms with E-state index in [1.807, 2.05) is 6.07 Å². The molecular weight excluding hydrogens is 315 g/mol. The summed E-state index contributed by atoms with van der Waals surface area (Å²) in [6.45, 7) is 0. The van der Waals surface area contributed by atoms with E-state index >= 15 is 0 Å². The van der Waals surface area contributed by atoms with Crippen LogP contribution in [0.2, 0.25) is 0 Å². The summed E-state index contributed by atoms with van der Waals surface area (Å²) in [6, 6.07) is 5.94. The van der Waals surface area contributed by atoms with Gasteiger partial charge < -0.3 is 10.8 Å². The van der Waals surface area contributed by atoms with Crippen molar-refractivity contribution < 1.29 is 14.3 Å². The average Bonchev–Trinajstić information content (AvgIpc) is 2.55. The third kappa shape index (κ3) is 3.07. The molecule has 0 radical (unpaired) electrons. The zero-order valence-electron chi connectivity index (χ0n) is 12.2. The molecule has 1 aliphatic heterocycles. The molecule has 0 aliphatic carbocycles. The molecule has 0 saturated carbocycles. The number of rotatable bonds is 3. The van der Waals surface area contributed by atoms with E-state index in [9.17, 15) is 9.18 Å². The maximum atomic E-state index is 14.0. The van der Waals surface area contributed by atoms with Crippen LogP contribution in [0.25, 0.3) is 11.1 Å². The zero-order valence-corrected chi connectivity index (χ0v) is 13.0. The Morgan fingerprint density at radius 3 is 2.83 bits per heavy atom. The molecule has 0 fully saturated rings. The van der Waals surface area contributed by atoms with Gasteiger partial charge in [-0.1, -0.05) is 18.2 Å². The molecule has 2 heterocycles. The largest absolute Gasteiger partial charge is 0.478 e. The van der Waals surface area contributed by atoms with Gasteiger partial charge in [-0.3, -0.25) is 0 Å². The fraction of sp³-hybridized carbons (Fsp3) is 0.176. The monoisotopic (exact) mass is 330 g/mol. The van der Waals surface area contributed by atoms with Crippen LogP contribution in [0.4, 0.5) is 10.2 Å². The number of carboxylic acids is 1. The van der Waals surface area contributed by atoms with Crippen LogP contribution in [-0.4, -0.2) is 21.8 Å². The molecule has 6 heteroatoms. The number of carbonyl (C=O) groups is 1. The van der Waals surface area contributed by atoms with Crippen LogP contribution >= 0.6 is 11.8 Å². The third-order valence-electron chi connectivity index (χ3n) is 3.76. The number of carboxylic acid groups (broad SMARTS) is 1. The second-order valence-corrected chi connectivity index (χ2v) is 6.42. The Labute approximate surface area is 137 Å². The predicted molar refractivity (Wildman–Crippen MR) is 90.0 cm³/mol. The van der Waals surface area contributed by atoms with Gasteiger partial charge in [-0.2, -0.15) is 0 Å². The van der Waals surface area contributed by atoms with E-state index in [-0.39, 0.29) is 10.8 Å². The predicted octanol–water partition coefficient (Wildman–Crippen LogP) is 3.90. The lowest BCUT2D eigenvalue weighted by Gasteiger charge is -2.22. The van der Waals surface area contributed by atoms with Gasteiger partial charge in [0.15, 0.2) is 0 Å². The first-order valence-corrected chi connectivity index (χ1v) is 8.17. The lowest BCUT2D eigenvalue weighted by Crippen LogP contribution is -2.05. The van der Waals surface area contributed by atoms with E-state index in [0.29, 0.717) is 16.9 Å². The molecule has 0 saturated heterocycles. The van der Waals surface area contributed by atoms with E-state index in [4.69, 9.17) is 10.8 Å². The number of benzene rings is 1. The highest BCUT2D eigenvalue weighted by atomic mass is 32.2. The summed E-state index contributed by atoms with van der Waals surface area (Å²) in [7, 11) is 0. The molecule has 0 bridgehead atoms. The maximum absolute atomic E-state index is 14.0. The minimum atomic E-state index is -1.29. The second-order valence-electron chi connectivity index (χ2n) is 5.19. The van der Waals surface area contributed by atoms with Gasteiger partial charge in [-0.15, -0.1) is 11.8 Å². The molecule has 23 heavy (non-hydrogen) atoms. The number of anilines is 1. The third-order valence-corrected chi connectivity index (χ3v) is 4.99. The van der Waals surface area contributed by atoms with E-state index in [1.165, 1.54) is 12.1 Å². The molecule has 1 unspecified atom stereocenters. The first kappa shape index (κ1) is 15.6. The van der Waals surface area contributed by atoms with E-state index in [2.05, 4.69) is 17.1 Å². The molecule has 3 N–H and O–H groups in total. The van der Waals surface area contributed by atoms with Crippen molar-refractivity contribution in [3.05, 3.63) is 59.6 Å². The molecular formula is C17H15FN2O2S. The Kier molecular flexibility index (Phi) is 4.34. The maximum Gasteiger partial charge on any atom is 0.338 e. The Morgan fingerprint density at radius 1 is 1.35 bits per heavy atom. The zero-order chi connectivity index (χ0) is 16.4. The summed E-state index contributed by atoms with van der Waals surface area (Å²) in [5.74, 6) is -0.833. The molecule has 0 spiro atoms. The summed E-state index contributed by atoms with van der Waals surface area (Å²) in [4.78, 5) is 15.1. The summed E-state index contributed by atoms with van der Waals surface area (Å²) >= 11 is 1.79. The molecule has 2 aromatic rings. The van der Waals surface area contributed by atoms with Crippen LogP contribution < -0.4 is 5.73 Å². The Morgan fingerprint density at radius 2 is 2.17 bits per heavy atom. The molecule has 118 valence electrons. The van der Waals surface area contributed by atoms with E-state index in [0.717, 1.165) is 17.7 Å². The summed E-state index contributed by atoms with van der Waals surface area (Å²) in [5, 5.41) is 9.18. The number of nitrogens with zero attached hydrogens (tertiary/aromatic N) is 1. The van der Waals surface area contributed by atoms with Crippen molar-refractivity contribution in [3.8, 4) is 11.1 Å². The first-order valence-electron chi connectivity index (χ1n) is 7.12. The van der Waals surface area contributed by atoms with Crippen molar-refractivity contribution >= 4 is 23.5 Å². The Hall–Kier alpha value is -2.34. The number of pyridine rings is 1. The number of nitrogens with two attached hydrogens (primary N) is 1. The van der Waals surface area contributed by atoms with Gasteiger partial charge >= 0.3 is 5.97 Å². The number of hydrogen-bond acceptors (Lipinski definition) is 4. The smallest absolute Gasteiger partial charge is 0.338 e. The van der Waals surface area contributed by atoms with Crippen molar-refractivity contribution in [1.29, 1.82) is 0 Å². The SMILES string of the molecule is Nc1nccc(C2CC=CCS2)c1-c1ccc(C(=O)O)c(F)c1. The normalized spacial score (nSPS) is 17.2. The summed E-state index contributed by atoms with van der Waals surface area (Å²) in [6.07, 6.45) is 6.76. The second kappa shape index (κ2) is 6.42. The highest BCUT2D eigenvalue weighted by molar-refractivity contribution is 7.99. The lowest BCUT2D eigenvalue weighted by atomic mass is 9.96. The van der Waals surface area contributed by atoms with Crippen molar-refractivity contribution in [1.82, 2.24) is 4.98 Å². The van der Waals surface area contributed by atoms with Gasteiger partial charge in [0.2, 0.25) is 0 Å². The number of halogens is 1. The lowest BCUT2D eigenvalue weighted by molar-refractivity contribution is 0.0692. The fourth-order valence-electron chi connectivity index (χ4n) is 2.66. The van der Waals surface area contributed by atoms with Crippen LogP contribution in [0.3, 0.4) is 0 Å². The average molecular weight is 330 g/mol. The number of hydrogen-bond donors (Lipinski definition) is 2. The van der Waals surface area contributed by atoms with Crippen molar-refractivity contribution in [2.75, 3.05) is 11.5 Å². The van der Waals surface area contributed by atoms with Crippen LogP contribution in [0, 0.1) is 5.82 Å². The highest BCUT2D eigenvalue weighted by Gasteiger charge is 2.21. The van der Waals surface area contributed by atoms with Crippen LogP contribution in [0.5, 0.6) is 0 Å². The molecule has 0 amide bonds. The standard InChI is InChI=1S/C17H15FN2O2S/c18-13-9-10(4-5-11(13)17(21)22)15-12(6-7-20-16(15)19)14-3-1-2-8-23-14/h1-2,4-7,9,14H,3,8H2,(H2,19,20)(H,21,22). The number of nitrogen functional groups attached to an aromatic ring is 1. The van der Waals surface area contributed by atoms with Gasteiger partial charge in [0, 0.05) is 22.8 Å². The molecule has 1 aliphatic rings. The topological polar surface area (TPSA) is 76.2 Å². The van der Waals surface area contributed by atoms with Gasteiger partial charge in [0.25, 0.3) is 0 Å². The number of thioether (sulfide) groups is 1. The minimum absolute atomic E-state index is 0.225. The van der Waals surface area contributed by atoms with Crippen LogP contribution in [0.1, 0.15) is 27.6 Å². The van der Waals surface area contributed by atoms with Crippen molar-refractivity contribution in [3.63, 3.8) is 0 Å². The van der Waals surface area contributed by atoms with E-state index < -0.39 is 11.8 Å². The molecule has 4 nitrogen and oxygen atoms in total. The van der Waals surface area contributed by atoms with E-state index in [1.54, 1.807) is 24.0 Å². The Bertz CT molecular complexity index is 792. The highest BCUT2D eigenvalue weighted by Crippen LogP contribution is 2.42. The molecule has 1 aromatic heterocycles.